The molecule has 2 rings (SSSR count). The van der Waals surface area contributed by atoms with Crippen LogP contribution in [0.2, 0.25) is 0 Å². The third kappa shape index (κ3) is 4.61. The van der Waals surface area contributed by atoms with E-state index in [1.807, 2.05) is 0 Å². The van der Waals surface area contributed by atoms with Gasteiger partial charge in [-0.25, -0.2) is 26.3 Å². The summed E-state index contributed by atoms with van der Waals surface area (Å²) in [6, 6.07) is 7.50. The molecule has 0 unspecified atom stereocenters. The summed E-state index contributed by atoms with van der Waals surface area (Å²) in [6.45, 7) is 3.30. The van der Waals surface area contributed by atoms with Crippen LogP contribution >= 0.6 is 0 Å². The van der Waals surface area contributed by atoms with Crippen LogP contribution in [0.5, 0.6) is 0 Å². The van der Waals surface area contributed by atoms with E-state index in [2.05, 4.69) is 10.0 Å². The molecule has 0 aliphatic rings. The number of amides is 1. The number of anilines is 1. The molecule has 0 saturated heterocycles. The van der Waals surface area contributed by atoms with E-state index in [1.54, 1.807) is 38.1 Å². The van der Waals surface area contributed by atoms with Crippen LogP contribution in [0.15, 0.2) is 41.3 Å². The van der Waals surface area contributed by atoms with E-state index in [0.29, 0.717) is 23.4 Å². The first-order valence-corrected chi connectivity index (χ1v) is 9.13. The van der Waals surface area contributed by atoms with Crippen molar-refractivity contribution in [2.75, 3.05) is 5.32 Å². The monoisotopic (exact) mass is 386 g/mol. The largest absolute Gasteiger partial charge is 0.326 e. The van der Waals surface area contributed by atoms with Gasteiger partial charge in [0, 0.05) is 18.2 Å². The van der Waals surface area contributed by atoms with Gasteiger partial charge < -0.3 is 5.32 Å². The number of carbonyl (C=O) groups excluding carboxylic acids is 1. The van der Waals surface area contributed by atoms with Crippen molar-refractivity contribution < 1.29 is 26.4 Å². The van der Waals surface area contributed by atoms with Gasteiger partial charge in [0.25, 0.3) is 0 Å². The SMILES string of the molecule is CC(C)C(=O)Nc1ccc(CNS(=O)(=O)c2ccc(F)c(F)c2F)cc1. The molecule has 0 saturated carbocycles. The molecule has 5 nitrogen and oxygen atoms in total. The standard InChI is InChI=1S/C17H17F3N2O3S/c1-10(2)17(23)22-12-5-3-11(4-6-12)9-21-26(24,25)14-8-7-13(18)15(19)16(14)20/h3-8,10,21H,9H2,1-2H3,(H,22,23). The Morgan fingerprint density at radius 1 is 1.00 bits per heavy atom. The number of carbonyl (C=O) groups is 1. The van der Waals surface area contributed by atoms with Crippen molar-refractivity contribution in [3.63, 3.8) is 0 Å². The summed E-state index contributed by atoms with van der Waals surface area (Å²) in [7, 11) is -4.37. The van der Waals surface area contributed by atoms with Crippen molar-refractivity contribution in [1.82, 2.24) is 4.72 Å². The molecule has 0 spiro atoms. The van der Waals surface area contributed by atoms with Gasteiger partial charge in [-0.05, 0) is 29.8 Å². The average Bonchev–Trinajstić information content (AvgIpc) is 2.59. The number of benzene rings is 2. The average molecular weight is 386 g/mol. The molecule has 2 aromatic rings. The van der Waals surface area contributed by atoms with Crippen molar-refractivity contribution in [2.24, 2.45) is 5.92 Å². The fourth-order valence-electron chi connectivity index (χ4n) is 1.96. The van der Waals surface area contributed by atoms with E-state index in [4.69, 9.17) is 0 Å². The Morgan fingerprint density at radius 3 is 2.19 bits per heavy atom. The van der Waals surface area contributed by atoms with E-state index in [0.717, 1.165) is 0 Å². The molecule has 0 bridgehead atoms. The van der Waals surface area contributed by atoms with Crippen molar-refractivity contribution in [2.45, 2.75) is 25.3 Å². The Kier molecular flexibility index (Phi) is 6.04. The molecule has 26 heavy (non-hydrogen) atoms. The minimum Gasteiger partial charge on any atom is -0.326 e. The van der Waals surface area contributed by atoms with E-state index >= 15 is 0 Å². The molecule has 140 valence electrons. The molecule has 0 aliphatic heterocycles. The first-order valence-electron chi connectivity index (χ1n) is 7.65. The van der Waals surface area contributed by atoms with Gasteiger partial charge in [-0.1, -0.05) is 26.0 Å². The van der Waals surface area contributed by atoms with Gasteiger partial charge in [0.2, 0.25) is 15.9 Å². The van der Waals surface area contributed by atoms with Crippen LogP contribution in [0.3, 0.4) is 0 Å². The molecule has 2 N–H and O–H groups in total. The first-order chi connectivity index (χ1) is 12.1. The van der Waals surface area contributed by atoms with E-state index < -0.39 is 32.4 Å². The number of hydrogen-bond acceptors (Lipinski definition) is 3. The van der Waals surface area contributed by atoms with Crippen LogP contribution < -0.4 is 10.0 Å². The van der Waals surface area contributed by atoms with Gasteiger partial charge in [-0.3, -0.25) is 4.79 Å². The number of sulfonamides is 1. The second-order valence-electron chi connectivity index (χ2n) is 5.84. The molecule has 1 amide bonds. The zero-order valence-corrected chi connectivity index (χ0v) is 14.8. The number of hydrogen-bond donors (Lipinski definition) is 2. The fourth-order valence-corrected chi connectivity index (χ4v) is 3.05. The van der Waals surface area contributed by atoms with Gasteiger partial charge >= 0.3 is 0 Å². The molecule has 0 fully saturated rings. The number of rotatable bonds is 6. The maximum absolute atomic E-state index is 13.6. The highest BCUT2D eigenvalue weighted by Gasteiger charge is 2.23. The zero-order chi connectivity index (χ0) is 19.5. The minimum atomic E-state index is -4.37. The van der Waals surface area contributed by atoms with Crippen molar-refractivity contribution in [3.05, 3.63) is 59.4 Å². The number of nitrogens with one attached hydrogen (secondary N) is 2. The van der Waals surface area contributed by atoms with Gasteiger partial charge in [-0.2, -0.15) is 0 Å². The van der Waals surface area contributed by atoms with Gasteiger partial charge in [0.1, 0.15) is 4.90 Å². The summed E-state index contributed by atoms with van der Waals surface area (Å²) in [4.78, 5) is 10.6. The molecule has 0 heterocycles. The lowest BCUT2D eigenvalue weighted by Crippen LogP contribution is -2.24. The lowest BCUT2D eigenvalue weighted by Gasteiger charge is -2.10. The van der Waals surface area contributed by atoms with Crippen LogP contribution in [0, 0.1) is 23.4 Å². The van der Waals surface area contributed by atoms with Crippen LogP contribution in [-0.2, 0) is 21.4 Å². The van der Waals surface area contributed by atoms with Crippen LogP contribution in [0.25, 0.3) is 0 Å². The lowest BCUT2D eigenvalue weighted by molar-refractivity contribution is -0.118. The lowest BCUT2D eigenvalue weighted by atomic mass is 10.2. The zero-order valence-electron chi connectivity index (χ0n) is 14.0. The molecular formula is C17H17F3N2O3S. The highest BCUT2D eigenvalue weighted by atomic mass is 32.2. The predicted octanol–water partition coefficient (Wildman–Crippen LogP) is 3.18. The molecule has 0 radical (unpaired) electrons. The Bertz CT molecular complexity index is 914. The highest BCUT2D eigenvalue weighted by molar-refractivity contribution is 7.89. The summed E-state index contributed by atoms with van der Waals surface area (Å²) < 4.78 is 66.1. The van der Waals surface area contributed by atoms with E-state index in [-0.39, 0.29) is 18.4 Å². The first kappa shape index (κ1) is 19.9. The topological polar surface area (TPSA) is 75.3 Å². The third-order valence-corrected chi connectivity index (χ3v) is 4.92. The van der Waals surface area contributed by atoms with Gasteiger partial charge in [0.15, 0.2) is 17.5 Å². The summed E-state index contributed by atoms with van der Waals surface area (Å²) in [5, 5.41) is 2.68. The Morgan fingerprint density at radius 2 is 1.62 bits per heavy atom. The maximum atomic E-state index is 13.6. The van der Waals surface area contributed by atoms with Crippen LogP contribution in [0.4, 0.5) is 18.9 Å². The second kappa shape index (κ2) is 7.88. The minimum absolute atomic E-state index is 0.160. The van der Waals surface area contributed by atoms with Crippen LogP contribution in [-0.4, -0.2) is 14.3 Å². The predicted molar refractivity (Wildman–Crippen MR) is 90.3 cm³/mol. The summed E-state index contributed by atoms with van der Waals surface area (Å²) in [6.07, 6.45) is 0. The Labute approximate surface area is 149 Å². The Balaban J connectivity index is 2.08. The normalized spacial score (nSPS) is 11.6. The molecule has 0 aliphatic carbocycles. The summed E-state index contributed by atoms with van der Waals surface area (Å²) in [5.74, 6) is -5.44. The molecule has 0 atom stereocenters. The van der Waals surface area contributed by atoms with Crippen LogP contribution in [0.1, 0.15) is 19.4 Å². The Hall–Kier alpha value is -2.39. The molecular weight excluding hydrogens is 369 g/mol. The molecule has 0 aromatic heterocycles. The fraction of sp³-hybridized carbons (Fsp3) is 0.235. The third-order valence-electron chi connectivity index (χ3n) is 3.50. The van der Waals surface area contributed by atoms with Crippen molar-refractivity contribution in [1.29, 1.82) is 0 Å². The number of halogens is 3. The smallest absolute Gasteiger partial charge is 0.243 e. The van der Waals surface area contributed by atoms with E-state index in [9.17, 15) is 26.4 Å². The maximum Gasteiger partial charge on any atom is 0.243 e. The van der Waals surface area contributed by atoms with Crippen molar-refractivity contribution in [3.8, 4) is 0 Å². The van der Waals surface area contributed by atoms with Gasteiger partial charge in [-0.15, -0.1) is 0 Å². The van der Waals surface area contributed by atoms with Gasteiger partial charge in [0.05, 0.1) is 0 Å². The quantitative estimate of drug-likeness (QED) is 0.749. The van der Waals surface area contributed by atoms with E-state index in [1.165, 1.54) is 0 Å². The van der Waals surface area contributed by atoms with Crippen molar-refractivity contribution >= 4 is 21.6 Å². The molecule has 2 aromatic carbocycles. The highest BCUT2D eigenvalue weighted by Crippen LogP contribution is 2.20. The summed E-state index contributed by atoms with van der Waals surface area (Å²) >= 11 is 0. The molecule has 9 heteroatoms. The summed E-state index contributed by atoms with van der Waals surface area (Å²) in [5.41, 5.74) is 1.07. The second-order valence-corrected chi connectivity index (χ2v) is 7.57.